The number of hydrogen-bond donors (Lipinski definition) is 0. The number of carbonyl (C=O) groups is 1. The van der Waals surface area contributed by atoms with E-state index < -0.39 is 11.7 Å². The molecule has 1 aromatic heterocycles. The highest BCUT2D eigenvalue weighted by Gasteiger charge is 2.31. The summed E-state index contributed by atoms with van der Waals surface area (Å²) in [5.41, 5.74) is 3.03. The molecular formula is C25H21F3N4O. The van der Waals surface area contributed by atoms with Crippen LogP contribution in [-0.2, 0) is 6.18 Å². The number of alkyl halides is 3. The summed E-state index contributed by atoms with van der Waals surface area (Å²) in [7, 11) is 0. The standard InChI is InChI=1S/C25H21F3N4O/c26-25(27,28)19-5-4-8-21(16-19)30-11-13-31(14-12-30)24(33)18-9-10-23-22(15-18)29-17-32(23)20-6-2-1-3-7-20/h1-10,15-17H,11-14H2. The number of nitrogens with zero attached hydrogens (tertiary/aromatic N) is 4. The highest BCUT2D eigenvalue weighted by molar-refractivity contribution is 5.97. The highest BCUT2D eigenvalue weighted by Crippen LogP contribution is 2.32. The number of hydrogen-bond acceptors (Lipinski definition) is 3. The summed E-state index contributed by atoms with van der Waals surface area (Å²) >= 11 is 0. The van der Waals surface area contributed by atoms with Gasteiger partial charge in [0.2, 0.25) is 0 Å². The second-order valence-electron chi connectivity index (χ2n) is 7.98. The topological polar surface area (TPSA) is 41.4 Å². The van der Waals surface area contributed by atoms with Crippen LogP contribution in [0.5, 0.6) is 0 Å². The number of imidazole rings is 1. The van der Waals surface area contributed by atoms with Gasteiger partial charge >= 0.3 is 6.18 Å². The summed E-state index contributed by atoms with van der Waals surface area (Å²) in [6, 6.07) is 20.6. The lowest BCUT2D eigenvalue weighted by molar-refractivity contribution is -0.137. The number of fused-ring (bicyclic) bond motifs is 1. The van der Waals surface area contributed by atoms with Crippen molar-refractivity contribution in [1.29, 1.82) is 0 Å². The lowest BCUT2D eigenvalue weighted by Crippen LogP contribution is -2.48. The van der Waals surface area contributed by atoms with Crippen molar-refractivity contribution < 1.29 is 18.0 Å². The molecule has 1 aliphatic heterocycles. The largest absolute Gasteiger partial charge is 0.416 e. The molecule has 1 fully saturated rings. The molecule has 5 rings (SSSR count). The molecule has 3 aromatic carbocycles. The smallest absolute Gasteiger partial charge is 0.368 e. The van der Waals surface area contributed by atoms with Crippen molar-refractivity contribution in [1.82, 2.24) is 14.5 Å². The number of para-hydroxylation sites is 1. The van der Waals surface area contributed by atoms with Gasteiger partial charge in [0.05, 0.1) is 16.6 Å². The van der Waals surface area contributed by atoms with Crippen molar-refractivity contribution in [3.8, 4) is 5.69 Å². The van der Waals surface area contributed by atoms with E-state index in [0.29, 0.717) is 37.4 Å². The molecule has 8 heteroatoms. The van der Waals surface area contributed by atoms with E-state index in [1.807, 2.05) is 45.9 Å². The first-order chi connectivity index (χ1) is 15.9. The SMILES string of the molecule is O=C(c1ccc2c(c1)ncn2-c1ccccc1)N1CCN(c2cccc(C(F)(F)F)c2)CC1. The van der Waals surface area contributed by atoms with Gasteiger partial charge in [0.15, 0.2) is 0 Å². The van der Waals surface area contributed by atoms with Crippen LogP contribution in [0.4, 0.5) is 18.9 Å². The predicted molar refractivity (Wildman–Crippen MR) is 121 cm³/mol. The van der Waals surface area contributed by atoms with Crippen LogP contribution in [0.15, 0.2) is 79.1 Å². The molecule has 0 atom stereocenters. The van der Waals surface area contributed by atoms with Crippen LogP contribution in [0.1, 0.15) is 15.9 Å². The predicted octanol–water partition coefficient (Wildman–Crippen LogP) is 5.01. The first-order valence-corrected chi connectivity index (χ1v) is 10.6. The molecule has 2 heterocycles. The van der Waals surface area contributed by atoms with Crippen molar-refractivity contribution in [3.05, 3.63) is 90.3 Å². The number of amides is 1. The minimum absolute atomic E-state index is 0.102. The summed E-state index contributed by atoms with van der Waals surface area (Å²) in [5, 5.41) is 0. The fraction of sp³-hybridized carbons (Fsp3) is 0.200. The molecule has 33 heavy (non-hydrogen) atoms. The molecule has 1 saturated heterocycles. The lowest BCUT2D eigenvalue weighted by Gasteiger charge is -2.36. The molecule has 0 saturated carbocycles. The van der Waals surface area contributed by atoms with Gasteiger partial charge in [-0.25, -0.2) is 4.98 Å². The van der Waals surface area contributed by atoms with Crippen LogP contribution in [0.25, 0.3) is 16.7 Å². The third kappa shape index (κ3) is 4.16. The Morgan fingerprint density at radius 2 is 1.55 bits per heavy atom. The monoisotopic (exact) mass is 450 g/mol. The van der Waals surface area contributed by atoms with Gasteiger partial charge in [-0.15, -0.1) is 0 Å². The molecular weight excluding hydrogens is 429 g/mol. The van der Waals surface area contributed by atoms with E-state index in [1.54, 1.807) is 29.4 Å². The number of halogens is 3. The van der Waals surface area contributed by atoms with E-state index >= 15 is 0 Å². The molecule has 1 aliphatic rings. The fourth-order valence-corrected chi connectivity index (χ4v) is 4.17. The second kappa shape index (κ2) is 8.27. The Morgan fingerprint density at radius 3 is 2.27 bits per heavy atom. The Morgan fingerprint density at radius 1 is 0.818 bits per heavy atom. The average Bonchev–Trinajstić information content (AvgIpc) is 3.27. The molecule has 0 bridgehead atoms. The van der Waals surface area contributed by atoms with Crippen LogP contribution < -0.4 is 4.90 Å². The van der Waals surface area contributed by atoms with Crippen LogP contribution in [0.2, 0.25) is 0 Å². The Balaban J connectivity index is 1.29. The maximum Gasteiger partial charge on any atom is 0.416 e. The second-order valence-corrected chi connectivity index (χ2v) is 7.98. The minimum atomic E-state index is -4.38. The summed E-state index contributed by atoms with van der Waals surface area (Å²) < 4.78 is 41.0. The minimum Gasteiger partial charge on any atom is -0.368 e. The third-order valence-electron chi connectivity index (χ3n) is 5.93. The summed E-state index contributed by atoms with van der Waals surface area (Å²) in [6.07, 6.45) is -2.64. The van der Waals surface area contributed by atoms with E-state index in [-0.39, 0.29) is 5.91 Å². The summed E-state index contributed by atoms with van der Waals surface area (Å²) in [6.45, 7) is 1.81. The van der Waals surface area contributed by atoms with Crippen molar-refractivity contribution in [2.24, 2.45) is 0 Å². The number of piperazine rings is 1. The number of carbonyl (C=O) groups excluding carboxylic acids is 1. The molecule has 4 aromatic rings. The summed E-state index contributed by atoms with van der Waals surface area (Å²) in [4.78, 5) is 21.1. The Bertz CT molecular complexity index is 1290. The van der Waals surface area contributed by atoms with E-state index in [2.05, 4.69) is 4.98 Å². The fourth-order valence-electron chi connectivity index (χ4n) is 4.17. The zero-order chi connectivity index (χ0) is 23.0. The van der Waals surface area contributed by atoms with E-state index in [9.17, 15) is 18.0 Å². The Kier molecular flexibility index (Phi) is 5.28. The van der Waals surface area contributed by atoms with Crippen LogP contribution in [0.3, 0.4) is 0 Å². The maximum atomic E-state index is 13.1. The maximum absolute atomic E-state index is 13.1. The molecule has 0 N–H and O–H groups in total. The Labute approximate surface area is 188 Å². The zero-order valence-electron chi connectivity index (χ0n) is 17.7. The van der Waals surface area contributed by atoms with Gasteiger partial charge in [0, 0.05) is 43.1 Å². The molecule has 0 aliphatic carbocycles. The number of rotatable bonds is 3. The van der Waals surface area contributed by atoms with Crippen molar-refractivity contribution >= 4 is 22.6 Å². The molecule has 0 radical (unpaired) electrons. The van der Waals surface area contributed by atoms with Gasteiger partial charge in [-0.05, 0) is 48.5 Å². The Hall–Kier alpha value is -3.81. The molecule has 0 spiro atoms. The van der Waals surface area contributed by atoms with Crippen molar-refractivity contribution in [2.45, 2.75) is 6.18 Å². The highest BCUT2D eigenvalue weighted by atomic mass is 19.4. The number of anilines is 1. The van der Waals surface area contributed by atoms with Gasteiger partial charge in [-0.2, -0.15) is 13.2 Å². The quantitative estimate of drug-likeness (QED) is 0.441. The number of benzene rings is 3. The van der Waals surface area contributed by atoms with Gasteiger partial charge in [0.25, 0.3) is 5.91 Å². The first-order valence-electron chi connectivity index (χ1n) is 10.6. The molecule has 1 amide bonds. The number of aromatic nitrogens is 2. The lowest BCUT2D eigenvalue weighted by atomic mass is 10.1. The van der Waals surface area contributed by atoms with Crippen LogP contribution in [-0.4, -0.2) is 46.5 Å². The van der Waals surface area contributed by atoms with E-state index in [0.717, 1.165) is 28.9 Å². The summed E-state index contributed by atoms with van der Waals surface area (Å²) in [5.74, 6) is -0.102. The third-order valence-corrected chi connectivity index (χ3v) is 5.93. The average molecular weight is 450 g/mol. The molecule has 5 nitrogen and oxygen atoms in total. The zero-order valence-corrected chi connectivity index (χ0v) is 17.7. The van der Waals surface area contributed by atoms with Crippen LogP contribution >= 0.6 is 0 Å². The van der Waals surface area contributed by atoms with Gasteiger partial charge < -0.3 is 9.80 Å². The van der Waals surface area contributed by atoms with Gasteiger partial charge in [-0.3, -0.25) is 9.36 Å². The molecule has 0 unspecified atom stereocenters. The first kappa shape index (κ1) is 21.1. The van der Waals surface area contributed by atoms with Crippen molar-refractivity contribution in [3.63, 3.8) is 0 Å². The van der Waals surface area contributed by atoms with Gasteiger partial charge in [-0.1, -0.05) is 24.3 Å². The van der Waals surface area contributed by atoms with Gasteiger partial charge in [0.1, 0.15) is 6.33 Å². The van der Waals surface area contributed by atoms with Crippen molar-refractivity contribution in [2.75, 3.05) is 31.1 Å². The normalized spacial score (nSPS) is 14.6. The van der Waals surface area contributed by atoms with E-state index in [4.69, 9.17) is 0 Å². The van der Waals surface area contributed by atoms with E-state index in [1.165, 1.54) is 6.07 Å². The molecule has 168 valence electrons. The van der Waals surface area contributed by atoms with Crippen LogP contribution in [0, 0.1) is 0 Å².